The summed E-state index contributed by atoms with van der Waals surface area (Å²) in [5.74, 6) is 0.561. The molecule has 2 nitrogen and oxygen atoms in total. The predicted octanol–water partition coefficient (Wildman–Crippen LogP) is 5.07. The van der Waals surface area contributed by atoms with Crippen LogP contribution in [0.5, 0.6) is 5.75 Å². The lowest BCUT2D eigenvalue weighted by molar-refractivity contribution is 0.103. The Balaban J connectivity index is 2.55. The normalized spacial score (nSPS) is 10.4. The second kappa shape index (κ2) is 6.10. The number of benzene rings is 2. The van der Waals surface area contributed by atoms with E-state index in [-0.39, 0.29) is 5.78 Å². The zero-order chi connectivity index (χ0) is 14.9. The number of hydrogen-bond donors (Lipinski definition) is 0. The summed E-state index contributed by atoms with van der Waals surface area (Å²) in [6, 6.07) is 9.32. The van der Waals surface area contributed by atoms with E-state index in [1.54, 1.807) is 7.11 Å². The monoisotopic (exact) mass is 396 g/mol. The van der Waals surface area contributed by atoms with Gasteiger partial charge in [-0.05, 0) is 55.3 Å². The third-order valence-electron chi connectivity index (χ3n) is 3.16. The van der Waals surface area contributed by atoms with E-state index in [1.165, 1.54) is 0 Å². The Hall–Kier alpha value is -1.13. The molecule has 0 aliphatic rings. The molecule has 0 saturated heterocycles. The lowest BCUT2D eigenvalue weighted by Crippen LogP contribution is -2.06. The fourth-order valence-corrected chi connectivity index (χ4v) is 2.85. The van der Waals surface area contributed by atoms with Gasteiger partial charge in [0, 0.05) is 14.5 Å². The highest BCUT2D eigenvalue weighted by molar-refractivity contribution is 9.10. The molecular formula is C16H14Br2O2. The van der Waals surface area contributed by atoms with Crippen LogP contribution in [0.3, 0.4) is 0 Å². The van der Waals surface area contributed by atoms with Crippen LogP contribution in [0.15, 0.2) is 39.3 Å². The molecule has 0 bridgehead atoms. The van der Waals surface area contributed by atoms with E-state index in [0.29, 0.717) is 16.9 Å². The molecule has 104 valence electrons. The van der Waals surface area contributed by atoms with Gasteiger partial charge in [-0.25, -0.2) is 0 Å². The van der Waals surface area contributed by atoms with Gasteiger partial charge in [0.25, 0.3) is 0 Å². The quantitative estimate of drug-likeness (QED) is 0.676. The summed E-state index contributed by atoms with van der Waals surface area (Å²) in [7, 11) is 1.58. The van der Waals surface area contributed by atoms with Gasteiger partial charge in [0.15, 0.2) is 5.78 Å². The summed E-state index contributed by atoms with van der Waals surface area (Å²) in [4.78, 5) is 12.7. The minimum Gasteiger partial charge on any atom is -0.496 e. The van der Waals surface area contributed by atoms with Gasteiger partial charge in [-0.3, -0.25) is 4.79 Å². The number of aryl methyl sites for hydroxylation is 2. The number of carbonyl (C=O) groups excluding carboxylic acids is 1. The average molecular weight is 398 g/mol. The van der Waals surface area contributed by atoms with Crippen molar-refractivity contribution in [3.8, 4) is 5.75 Å². The first-order valence-corrected chi connectivity index (χ1v) is 7.67. The molecule has 0 spiro atoms. The molecule has 0 aliphatic carbocycles. The molecule has 0 N–H and O–H groups in total. The van der Waals surface area contributed by atoms with E-state index in [0.717, 1.165) is 20.1 Å². The van der Waals surface area contributed by atoms with Gasteiger partial charge in [-0.15, -0.1) is 0 Å². The van der Waals surface area contributed by atoms with Crippen LogP contribution in [0, 0.1) is 13.8 Å². The van der Waals surface area contributed by atoms with Crippen LogP contribution in [0.1, 0.15) is 27.0 Å². The van der Waals surface area contributed by atoms with Gasteiger partial charge >= 0.3 is 0 Å². The molecular weight excluding hydrogens is 384 g/mol. The first-order chi connectivity index (χ1) is 9.43. The van der Waals surface area contributed by atoms with Gasteiger partial charge < -0.3 is 4.74 Å². The van der Waals surface area contributed by atoms with E-state index in [1.807, 2.05) is 44.2 Å². The number of hydrogen-bond acceptors (Lipinski definition) is 2. The van der Waals surface area contributed by atoms with Crippen molar-refractivity contribution in [2.75, 3.05) is 7.11 Å². The number of ketones is 1. The van der Waals surface area contributed by atoms with E-state index in [2.05, 4.69) is 31.9 Å². The molecule has 2 aromatic rings. The van der Waals surface area contributed by atoms with Gasteiger partial charge in [0.1, 0.15) is 5.75 Å². The third-order valence-corrected chi connectivity index (χ3v) is 4.51. The number of rotatable bonds is 3. The van der Waals surface area contributed by atoms with Crippen LogP contribution < -0.4 is 4.74 Å². The van der Waals surface area contributed by atoms with E-state index >= 15 is 0 Å². The molecule has 20 heavy (non-hydrogen) atoms. The van der Waals surface area contributed by atoms with Crippen molar-refractivity contribution in [1.29, 1.82) is 0 Å². The maximum atomic E-state index is 12.7. The van der Waals surface area contributed by atoms with Crippen molar-refractivity contribution >= 4 is 37.6 Å². The van der Waals surface area contributed by atoms with Crippen molar-refractivity contribution < 1.29 is 9.53 Å². The molecule has 0 aromatic heterocycles. The number of methoxy groups -OCH3 is 1. The highest BCUT2D eigenvalue weighted by atomic mass is 79.9. The second-order valence-corrected chi connectivity index (χ2v) is 6.36. The molecule has 0 aliphatic heterocycles. The lowest BCUT2D eigenvalue weighted by atomic mass is 9.98. The van der Waals surface area contributed by atoms with E-state index in [4.69, 9.17) is 4.74 Å². The Bertz CT molecular complexity index is 678. The number of carbonyl (C=O) groups is 1. The fourth-order valence-electron chi connectivity index (χ4n) is 2.03. The smallest absolute Gasteiger partial charge is 0.197 e. The molecule has 2 rings (SSSR count). The van der Waals surface area contributed by atoms with E-state index in [9.17, 15) is 4.79 Å². The summed E-state index contributed by atoms with van der Waals surface area (Å²) >= 11 is 6.87. The lowest BCUT2D eigenvalue weighted by Gasteiger charge is -2.12. The van der Waals surface area contributed by atoms with Crippen molar-refractivity contribution in [2.24, 2.45) is 0 Å². The number of ether oxygens (including phenoxy) is 1. The Labute approximate surface area is 135 Å². The number of halogens is 2. The van der Waals surface area contributed by atoms with Crippen molar-refractivity contribution in [2.45, 2.75) is 13.8 Å². The zero-order valence-electron chi connectivity index (χ0n) is 11.5. The van der Waals surface area contributed by atoms with Gasteiger partial charge in [-0.2, -0.15) is 0 Å². The van der Waals surface area contributed by atoms with Crippen molar-refractivity contribution in [3.63, 3.8) is 0 Å². The largest absolute Gasteiger partial charge is 0.496 e. The Morgan fingerprint density at radius 3 is 2.30 bits per heavy atom. The summed E-state index contributed by atoms with van der Waals surface area (Å²) in [6.07, 6.45) is 0. The maximum Gasteiger partial charge on any atom is 0.197 e. The van der Waals surface area contributed by atoms with Crippen LogP contribution in [-0.2, 0) is 0 Å². The molecule has 0 saturated carbocycles. The molecule has 0 heterocycles. The second-order valence-electron chi connectivity index (χ2n) is 4.59. The predicted molar refractivity (Wildman–Crippen MR) is 87.7 cm³/mol. The zero-order valence-corrected chi connectivity index (χ0v) is 14.6. The van der Waals surface area contributed by atoms with Crippen LogP contribution in [0.4, 0.5) is 0 Å². The molecule has 4 heteroatoms. The van der Waals surface area contributed by atoms with Gasteiger partial charge in [0.2, 0.25) is 0 Å². The molecule has 0 unspecified atom stereocenters. The minimum absolute atomic E-state index is 0.0347. The average Bonchev–Trinajstić information content (AvgIpc) is 2.40. The molecule has 0 radical (unpaired) electrons. The minimum atomic E-state index is -0.0347. The Kier molecular flexibility index (Phi) is 4.66. The highest BCUT2D eigenvalue weighted by Gasteiger charge is 2.18. The molecule has 0 fully saturated rings. The first kappa shape index (κ1) is 15.3. The van der Waals surface area contributed by atoms with Crippen molar-refractivity contribution in [1.82, 2.24) is 0 Å². The van der Waals surface area contributed by atoms with Crippen molar-refractivity contribution in [3.05, 3.63) is 61.5 Å². The molecule has 0 amide bonds. The Morgan fingerprint density at radius 1 is 1.00 bits per heavy atom. The van der Waals surface area contributed by atoms with Gasteiger partial charge in [0.05, 0.1) is 12.7 Å². The highest BCUT2D eigenvalue weighted by Crippen LogP contribution is 2.30. The maximum absolute atomic E-state index is 12.7. The standard InChI is InChI=1S/C16H14Br2O2/c1-9-6-11(17)4-5-12(9)16(19)13-8-14(18)10(2)7-15(13)20-3/h4-8H,1-3H3. The Morgan fingerprint density at radius 2 is 1.70 bits per heavy atom. The fraction of sp³-hybridized carbons (Fsp3) is 0.188. The third kappa shape index (κ3) is 2.96. The van der Waals surface area contributed by atoms with E-state index < -0.39 is 0 Å². The SMILES string of the molecule is COc1cc(C)c(Br)cc1C(=O)c1ccc(Br)cc1C. The van der Waals surface area contributed by atoms with Crippen LogP contribution in [0.25, 0.3) is 0 Å². The molecule has 2 aromatic carbocycles. The van der Waals surface area contributed by atoms with Crippen LogP contribution in [0.2, 0.25) is 0 Å². The summed E-state index contributed by atoms with van der Waals surface area (Å²) in [5, 5.41) is 0. The summed E-state index contributed by atoms with van der Waals surface area (Å²) < 4.78 is 7.20. The summed E-state index contributed by atoms with van der Waals surface area (Å²) in [5.41, 5.74) is 3.21. The van der Waals surface area contributed by atoms with Crippen LogP contribution >= 0.6 is 31.9 Å². The first-order valence-electron chi connectivity index (χ1n) is 6.09. The summed E-state index contributed by atoms with van der Waals surface area (Å²) in [6.45, 7) is 3.89. The van der Waals surface area contributed by atoms with Gasteiger partial charge in [-0.1, -0.05) is 31.9 Å². The van der Waals surface area contributed by atoms with Crippen LogP contribution in [-0.4, -0.2) is 12.9 Å². The topological polar surface area (TPSA) is 26.3 Å². The molecule has 0 atom stereocenters.